The summed E-state index contributed by atoms with van der Waals surface area (Å²) in [7, 11) is 3.42. The number of nitrogens with zero attached hydrogens (tertiary/aromatic N) is 4. The fraction of sp³-hybridized carbons (Fsp3) is 0.360. The fourth-order valence-corrected chi connectivity index (χ4v) is 5.21. The minimum absolute atomic E-state index is 0.165. The van der Waals surface area contributed by atoms with Crippen molar-refractivity contribution >= 4 is 39.6 Å². The van der Waals surface area contributed by atoms with Crippen molar-refractivity contribution in [3.63, 3.8) is 0 Å². The highest BCUT2D eigenvalue weighted by atomic mass is 19.1. The molecule has 0 amide bonds. The Balaban J connectivity index is 1.77. The summed E-state index contributed by atoms with van der Waals surface area (Å²) in [6, 6.07) is 10.2. The van der Waals surface area contributed by atoms with Gasteiger partial charge in [0.05, 0.1) is 34.1 Å². The van der Waals surface area contributed by atoms with Crippen LogP contribution in [0.25, 0.3) is 33.5 Å². The number of nitrogens with one attached hydrogen (secondary N) is 1. The fourth-order valence-electron chi connectivity index (χ4n) is 5.21. The summed E-state index contributed by atoms with van der Waals surface area (Å²) in [5.74, 6) is 0.189. The van der Waals surface area contributed by atoms with Crippen molar-refractivity contribution in [1.82, 2.24) is 14.1 Å². The van der Waals surface area contributed by atoms with E-state index < -0.39 is 5.82 Å². The van der Waals surface area contributed by atoms with Gasteiger partial charge in [0, 0.05) is 44.7 Å². The molecule has 172 valence electrons. The van der Waals surface area contributed by atoms with Crippen LogP contribution < -0.4 is 10.2 Å². The van der Waals surface area contributed by atoms with Gasteiger partial charge in [0.15, 0.2) is 17.9 Å². The van der Waals surface area contributed by atoms with Gasteiger partial charge in [-0.15, -0.1) is 0 Å². The normalized spacial score (nSPS) is 15.5. The number of aryl methyl sites for hydroxylation is 1. The molecule has 33 heavy (non-hydrogen) atoms. The van der Waals surface area contributed by atoms with Crippen LogP contribution in [-0.4, -0.2) is 52.3 Å². The molecule has 0 radical (unpaired) electrons. The van der Waals surface area contributed by atoms with Crippen molar-refractivity contribution in [2.75, 3.05) is 37.0 Å². The van der Waals surface area contributed by atoms with Crippen molar-refractivity contribution < 1.29 is 14.3 Å². The Labute approximate surface area is 191 Å². The standard InChI is InChI=1S/C25H28FN5O2/c1-4-17-13-30(9-6-10-32)19-8-5-7-15-12-20(31(17)23(15)19)25-28-18-11-16(14-33)22(27-2)21(26)24(18)29(25)3/h5,7-8,11-12,14,17,27,32H,4,6,9-10,13H2,1-3H3. The highest BCUT2D eigenvalue weighted by Gasteiger charge is 2.30. The first-order chi connectivity index (χ1) is 16.0. The number of aliphatic hydroxyl groups excluding tert-OH is 1. The molecule has 0 spiro atoms. The maximum absolute atomic E-state index is 15.4. The lowest BCUT2D eigenvalue weighted by Crippen LogP contribution is -2.36. The number of aldehydes is 1. The average molecular weight is 450 g/mol. The van der Waals surface area contributed by atoms with Crippen LogP contribution in [0.5, 0.6) is 0 Å². The zero-order chi connectivity index (χ0) is 23.3. The molecule has 5 rings (SSSR count). The van der Waals surface area contributed by atoms with Crippen LogP contribution in [0.2, 0.25) is 0 Å². The first kappa shape index (κ1) is 21.5. The van der Waals surface area contributed by atoms with E-state index in [1.807, 2.05) is 13.1 Å². The van der Waals surface area contributed by atoms with E-state index in [-0.39, 0.29) is 23.9 Å². The summed E-state index contributed by atoms with van der Waals surface area (Å²) in [5.41, 5.74) is 4.47. The van der Waals surface area contributed by atoms with Gasteiger partial charge < -0.3 is 24.5 Å². The highest BCUT2D eigenvalue weighted by Crippen LogP contribution is 2.42. The van der Waals surface area contributed by atoms with E-state index in [0.29, 0.717) is 23.1 Å². The summed E-state index contributed by atoms with van der Waals surface area (Å²) in [6.45, 7) is 3.97. The number of carbonyl (C=O) groups is 1. The molecule has 4 aromatic rings. The molecule has 2 aromatic heterocycles. The molecule has 0 saturated carbocycles. The SMILES string of the molecule is CCC1CN(CCCO)c2cccc3cc(-c4nc5cc(C=O)c(NC)c(F)c5n4C)n1c23. The molecule has 0 saturated heterocycles. The van der Waals surface area contributed by atoms with Crippen LogP contribution >= 0.6 is 0 Å². The van der Waals surface area contributed by atoms with Gasteiger partial charge in [-0.2, -0.15) is 0 Å². The Morgan fingerprint density at radius 1 is 1.30 bits per heavy atom. The number of halogens is 1. The molecule has 8 heteroatoms. The van der Waals surface area contributed by atoms with Gasteiger partial charge >= 0.3 is 0 Å². The molecule has 0 fully saturated rings. The molecule has 7 nitrogen and oxygen atoms in total. The number of hydrogen-bond donors (Lipinski definition) is 2. The molecule has 1 unspecified atom stereocenters. The van der Waals surface area contributed by atoms with Gasteiger partial charge in [-0.05, 0) is 31.0 Å². The molecule has 1 atom stereocenters. The van der Waals surface area contributed by atoms with Crippen LogP contribution in [0.4, 0.5) is 15.8 Å². The smallest absolute Gasteiger partial charge is 0.172 e. The summed E-state index contributed by atoms with van der Waals surface area (Å²) < 4.78 is 19.5. The Kier molecular flexibility index (Phi) is 5.32. The monoisotopic (exact) mass is 449 g/mol. The third-order valence-electron chi connectivity index (χ3n) is 6.77. The first-order valence-electron chi connectivity index (χ1n) is 11.4. The summed E-state index contributed by atoms with van der Waals surface area (Å²) >= 11 is 0. The predicted molar refractivity (Wildman–Crippen MR) is 130 cm³/mol. The quantitative estimate of drug-likeness (QED) is 0.411. The van der Waals surface area contributed by atoms with Gasteiger partial charge in [0.1, 0.15) is 5.52 Å². The Morgan fingerprint density at radius 2 is 2.12 bits per heavy atom. The van der Waals surface area contributed by atoms with E-state index >= 15 is 4.39 Å². The number of fused-ring (bicyclic) bond motifs is 1. The maximum Gasteiger partial charge on any atom is 0.172 e. The van der Waals surface area contributed by atoms with Gasteiger partial charge in [0.2, 0.25) is 0 Å². The topological polar surface area (TPSA) is 75.3 Å². The zero-order valence-corrected chi connectivity index (χ0v) is 19.1. The molecule has 0 aliphatic carbocycles. The number of hydrogen-bond acceptors (Lipinski definition) is 5. The van der Waals surface area contributed by atoms with E-state index in [2.05, 4.69) is 39.9 Å². The lowest BCUT2D eigenvalue weighted by Gasteiger charge is -2.36. The number of aliphatic hydroxyl groups is 1. The van der Waals surface area contributed by atoms with Crippen molar-refractivity contribution in [2.24, 2.45) is 7.05 Å². The van der Waals surface area contributed by atoms with Gasteiger partial charge in [0.25, 0.3) is 0 Å². The van der Waals surface area contributed by atoms with E-state index in [1.54, 1.807) is 17.7 Å². The minimum atomic E-state index is -0.476. The molecule has 3 heterocycles. The molecule has 1 aliphatic rings. The van der Waals surface area contributed by atoms with Gasteiger partial charge in [-0.25, -0.2) is 9.37 Å². The number of benzene rings is 2. The molecule has 2 aromatic carbocycles. The third kappa shape index (κ3) is 3.12. The molecule has 2 N–H and O–H groups in total. The van der Waals surface area contributed by atoms with E-state index in [0.717, 1.165) is 48.2 Å². The Bertz CT molecular complexity index is 1370. The predicted octanol–water partition coefficient (Wildman–Crippen LogP) is 4.34. The van der Waals surface area contributed by atoms with Gasteiger partial charge in [-0.3, -0.25) is 4.79 Å². The summed E-state index contributed by atoms with van der Waals surface area (Å²) in [4.78, 5) is 18.7. The van der Waals surface area contributed by atoms with Gasteiger partial charge in [-0.1, -0.05) is 19.1 Å². The largest absolute Gasteiger partial charge is 0.396 e. The Hall–Kier alpha value is -3.39. The van der Waals surface area contributed by atoms with E-state index in [1.165, 1.54) is 0 Å². The van der Waals surface area contributed by atoms with Crippen molar-refractivity contribution in [3.8, 4) is 11.5 Å². The average Bonchev–Trinajstić information content (AvgIpc) is 3.37. The van der Waals surface area contributed by atoms with E-state index in [4.69, 9.17) is 4.98 Å². The second-order valence-electron chi connectivity index (χ2n) is 8.58. The minimum Gasteiger partial charge on any atom is -0.396 e. The number of anilines is 2. The second kappa shape index (κ2) is 8.19. The number of aromatic nitrogens is 3. The van der Waals surface area contributed by atoms with Crippen molar-refractivity contribution in [2.45, 2.75) is 25.8 Å². The lowest BCUT2D eigenvalue weighted by molar-refractivity contribution is 0.112. The third-order valence-corrected chi connectivity index (χ3v) is 6.77. The molecular formula is C25H28FN5O2. The number of carbonyl (C=O) groups excluding carboxylic acids is 1. The van der Waals surface area contributed by atoms with Crippen LogP contribution in [0.3, 0.4) is 0 Å². The number of para-hydroxylation sites is 1. The van der Waals surface area contributed by atoms with Crippen molar-refractivity contribution in [3.05, 3.63) is 41.7 Å². The van der Waals surface area contributed by atoms with Crippen LogP contribution in [-0.2, 0) is 7.05 Å². The highest BCUT2D eigenvalue weighted by molar-refractivity contribution is 5.98. The summed E-state index contributed by atoms with van der Waals surface area (Å²) in [5, 5.41) is 13.3. The Morgan fingerprint density at radius 3 is 2.82 bits per heavy atom. The van der Waals surface area contributed by atoms with Crippen LogP contribution in [0.1, 0.15) is 36.2 Å². The lowest BCUT2D eigenvalue weighted by atomic mass is 10.1. The molecule has 1 aliphatic heterocycles. The van der Waals surface area contributed by atoms with Crippen molar-refractivity contribution in [1.29, 1.82) is 0 Å². The summed E-state index contributed by atoms with van der Waals surface area (Å²) in [6.07, 6.45) is 2.30. The van der Waals surface area contributed by atoms with Crippen LogP contribution in [0.15, 0.2) is 30.3 Å². The van der Waals surface area contributed by atoms with E-state index in [9.17, 15) is 9.90 Å². The number of imidazole rings is 1. The molecule has 0 bridgehead atoms. The second-order valence-corrected chi connectivity index (χ2v) is 8.58. The number of rotatable bonds is 7. The zero-order valence-electron chi connectivity index (χ0n) is 19.1. The molecular weight excluding hydrogens is 421 g/mol. The van der Waals surface area contributed by atoms with Crippen LogP contribution in [0, 0.1) is 5.82 Å². The maximum atomic E-state index is 15.4. The first-order valence-corrected chi connectivity index (χ1v) is 11.4.